The Balaban J connectivity index is 1.52. The molecule has 1 amide bonds. The van der Waals surface area contributed by atoms with Gasteiger partial charge in [-0.25, -0.2) is 4.39 Å². The molecular formula is C26H26ClFN2O2. The van der Waals surface area contributed by atoms with Crippen LogP contribution in [0.4, 0.5) is 10.1 Å². The number of carbonyl (C=O) groups excluding carboxylic acids is 1. The molecule has 1 heterocycles. The van der Waals surface area contributed by atoms with E-state index in [1.807, 2.05) is 18.2 Å². The molecule has 0 aromatic heterocycles. The Morgan fingerprint density at radius 3 is 2.47 bits per heavy atom. The van der Waals surface area contributed by atoms with E-state index >= 15 is 0 Å². The summed E-state index contributed by atoms with van der Waals surface area (Å²) in [7, 11) is 1.69. The first-order chi connectivity index (χ1) is 15.5. The van der Waals surface area contributed by atoms with Crippen molar-refractivity contribution in [1.82, 2.24) is 4.90 Å². The number of hydrogen-bond donors (Lipinski definition) is 0. The highest BCUT2D eigenvalue weighted by molar-refractivity contribution is 6.31. The zero-order valence-corrected chi connectivity index (χ0v) is 18.8. The fourth-order valence-electron chi connectivity index (χ4n) is 4.27. The number of likely N-dealkylation sites (tertiary alicyclic amines) is 1. The molecular weight excluding hydrogens is 427 g/mol. The smallest absolute Gasteiger partial charge is 0.258 e. The summed E-state index contributed by atoms with van der Waals surface area (Å²) in [5, 5.41) is 0.515. The minimum absolute atomic E-state index is 0.0147. The molecule has 3 aromatic carbocycles. The normalized spacial score (nSPS) is 14.8. The number of piperidine rings is 1. The minimum atomic E-state index is -0.324. The van der Waals surface area contributed by atoms with Gasteiger partial charge in [0, 0.05) is 47.5 Å². The third kappa shape index (κ3) is 5.12. The highest BCUT2D eigenvalue weighted by Crippen LogP contribution is 2.28. The van der Waals surface area contributed by atoms with Crippen molar-refractivity contribution in [2.24, 2.45) is 0 Å². The monoisotopic (exact) mass is 452 g/mol. The summed E-state index contributed by atoms with van der Waals surface area (Å²) in [6.45, 7) is 2.50. The zero-order chi connectivity index (χ0) is 22.5. The molecule has 4 nitrogen and oxygen atoms in total. The highest BCUT2D eigenvalue weighted by atomic mass is 35.5. The van der Waals surface area contributed by atoms with Crippen molar-refractivity contribution in [2.45, 2.75) is 25.4 Å². The molecule has 6 heteroatoms. The molecule has 0 radical (unpaired) electrons. The second-order valence-electron chi connectivity index (χ2n) is 7.98. The van der Waals surface area contributed by atoms with Crippen LogP contribution < -0.4 is 9.64 Å². The number of halogens is 2. The first-order valence-corrected chi connectivity index (χ1v) is 11.1. The number of amides is 1. The Morgan fingerprint density at radius 2 is 1.78 bits per heavy atom. The summed E-state index contributed by atoms with van der Waals surface area (Å²) in [5.74, 6) is 0.441. The summed E-state index contributed by atoms with van der Waals surface area (Å²) in [6.07, 6.45) is 1.64. The number of ether oxygens (including phenoxy) is 1. The third-order valence-electron chi connectivity index (χ3n) is 5.90. The van der Waals surface area contributed by atoms with Gasteiger partial charge in [-0.1, -0.05) is 35.9 Å². The fourth-order valence-corrected chi connectivity index (χ4v) is 4.46. The molecule has 4 rings (SSSR count). The molecule has 0 aliphatic carbocycles. The van der Waals surface area contributed by atoms with Gasteiger partial charge in [0.2, 0.25) is 0 Å². The van der Waals surface area contributed by atoms with Crippen LogP contribution in [0.25, 0.3) is 0 Å². The van der Waals surface area contributed by atoms with Gasteiger partial charge >= 0.3 is 0 Å². The number of anilines is 1. The molecule has 1 aliphatic heterocycles. The molecule has 1 saturated heterocycles. The molecule has 1 aliphatic rings. The third-order valence-corrected chi connectivity index (χ3v) is 6.14. The van der Waals surface area contributed by atoms with E-state index in [0.717, 1.165) is 43.8 Å². The average molecular weight is 453 g/mol. The van der Waals surface area contributed by atoms with Crippen molar-refractivity contribution < 1.29 is 13.9 Å². The van der Waals surface area contributed by atoms with Gasteiger partial charge in [0.15, 0.2) is 0 Å². The van der Waals surface area contributed by atoms with Crippen molar-refractivity contribution in [1.29, 1.82) is 0 Å². The molecule has 1 fully saturated rings. The molecule has 0 spiro atoms. The Bertz CT molecular complexity index is 1070. The second-order valence-corrected chi connectivity index (χ2v) is 8.42. The van der Waals surface area contributed by atoms with E-state index in [4.69, 9.17) is 16.3 Å². The van der Waals surface area contributed by atoms with Gasteiger partial charge in [-0.3, -0.25) is 9.69 Å². The number of nitrogens with zero attached hydrogens (tertiary/aromatic N) is 2. The Morgan fingerprint density at radius 1 is 1.06 bits per heavy atom. The Labute approximate surface area is 193 Å². The van der Waals surface area contributed by atoms with Gasteiger partial charge in [-0.05, 0) is 61.4 Å². The lowest BCUT2D eigenvalue weighted by Crippen LogP contribution is -2.47. The molecule has 0 saturated carbocycles. The van der Waals surface area contributed by atoms with Crippen molar-refractivity contribution in [3.8, 4) is 5.75 Å². The molecule has 0 atom stereocenters. The fraction of sp³-hybridized carbons (Fsp3) is 0.269. The van der Waals surface area contributed by atoms with Gasteiger partial charge in [0.05, 0.1) is 7.11 Å². The highest BCUT2D eigenvalue weighted by Gasteiger charge is 2.30. The van der Waals surface area contributed by atoms with E-state index in [1.54, 1.807) is 48.4 Å². The van der Waals surface area contributed by atoms with Crippen LogP contribution >= 0.6 is 11.6 Å². The SMILES string of the molecule is COc1ccccc1CN1CCC(N(C(=O)c2cccc(Cl)c2)c2ccc(F)cc2)CC1. The maximum absolute atomic E-state index is 13.6. The van der Waals surface area contributed by atoms with Gasteiger partial charge in [0.1, 0.15) is 11.6 Å². The summed E-state index contributed by atoms with van der Waals surface area (Å²) < 4.78 is 19.0. The number of para-hydroxylation sites is 1. The van der Waals surface area contributed by atoms with Crippen LogP contribution in [0, 0.1) is 5.82 Å². The lowest BCUT2D eigenvalue weighted by Gasteiger charge is -2.39. The predicted molar refractivity (Wildman–Crippen MR) is 126 cm³/mol. The summed E-state index contributed by atoms with van der Waals surface area (Å²) in [5.41, 5.74) is 2.37. The number of benzene rings is 3. The zero-order valence-electron chi connectivity index (χ0n) is 18.0. The molecule has 0 bridgehead atoms. The maximum Gasteiger partial charge on any atom is 0.258 e. The quantitative estimate of drug-likeness (QED) is 0.474. The van der Waals surface area contributed by atoms with Crippen molar-refractivity contribution >= 4 is 23.2 Å². The minimum Gasteiger partial charge on any atom is -0.496 e. The number of methoxy groups -OCH3 is 1. The van der Waals surface area contributed by atoms with E-state index in [9.17, 15) is 9.18 Å². The van der Waals surface area contributed by atoms with Gasteiger partial charge in [-0.2, -0.15) is 0 Å². The average Bonchev–Trinajstić information content (AvgIpc) is 2.82. The molecule has 0 unspecified atom stereocenters. The number of carbonyl (C=O) groups is 1. The topological polar surface area (TPSA) is 32.8 Å². The molecule has 166 valence electrons. The summed E-state index contributed by atoms with van der Waals surface area (Å²) >= 11 is 6.13. The predicted octanol–water partition coefficient (Wildman–Crippen LogP) is 5.80. The van der Waals surface area contributed by atoms with Crippen LogP contribution in [0.15, 0.2) is 72.8 Å². The van der Waals surface area contributed by atoms with E-state index in [1.165, 1.54) is 12.1 Å². The first-order valence-electron chi connectivity index (χ1n) is 10.7. The largest absolute Gasteiger partial charge is 0.496 e. The van der Waals surface area contributed by atoms with Crippen molar-refractivity contribution in [3.63, 3.8) is 0 Å². The van der Waals surface area contributed by atoms with Crippen LogP contribution in [-0.2, 0) is 6.54 Å². The Kier molecular flexibility index (Phi) is 7.08. The number of hydrogen-bond acceptors (Lipinski definition) is 3. The summed E-state index contributed by atoms with van der Waals surface area (Å²) in [6, 6.07) is 21.1. The lowest BCUT2D eigenvalue weighted by molar-refractivity contribution is 0.0958. The van der Waals surface area contributed by atoms with Gasteiger partial charge in [0.25, 0.3) is 5.91 Å². The van der Waals surface area contributed by atoms with Gasteiger partial charge < -0.3 is 9.64 Å². The second kappa shape index (κ2) is 10.2. The molecule has 3 aromatic rings. The van der Waals surface area contributed by atoms with E-state index in [0.29, 0.717) is 16.3 Å². The first kappa shape index (κ1) is 22.3. The van der Waals surface area contributed by atoms with E-state index in [-0.39, 0.29) is 17.8 Å². The van der Waals surface area contributed by atoms with E-state index in [2.05, 4.69) is 11.0 Å². The van der Waals surface area contributed by atoms with Crippen LogP contribution in [0.1, 0.15) is 28.8 Å². The summed E-state index contributed by atoms with van der Waals surface area (Å²) in [4.78, 5) is 17.7. The maximum atomic E-state index is 13.6. The lowest BCUT2D eigenvalue weighted by atomic mass is 10.00. The van der Waals surface area contributed by atoms with Crippen LogP contribution in [-0.4, -0.2) is 37.0 Å². The van der Waals surface area contributed by atoms with Crippen molar-refractivity contribution in [2.75, 3.05) is 25.1 Å². The van der Waals surface area contributed by atoms with Gasteiger partial charge in [-0.15, -0.1) is 0 Å². The molecule has 0 N–H and O–H groups in total. The van der Waals surface area contributed by atoms with E-state index < -0.39 is 0 Å². The standard InChI is InChI=1S/C26H26ClFN2O2/c1-32-25-8-3-2-5-20(25)18-29-15-13-24(14-16-29)30(23-11-9-22(28)10-12-23)26(31)19-6-4-7-21(27)17-19/h2-12,17,24H,13-16,18H2,1H3. The van der Waals surface area contributed by atoms with Crippen molar-refractivity contribution in [3.05, 3.63) is 94.8 Å². The van der Waals surface area contributed by atoms with Crippen LogP contribution in [0.5, 0.6) is 5.75 Å². The number of rotatable bonds is 6. The Hall–Kier alpha value is -2.89. The molecule has 32 heavy (non-hydrogen) atoms. The van der Waals surface area contributed by atoms with Crippen LogP contribution in [0.3, 0.4) is 0 Å². The van der Waals surface area contributed by atoms with Crippen LogP contribution in [0.2, 0.25) is 5.02 Å².